The van der Waals surface area contributed by atoms with Gasteiger partial charge >= 0.3 is 0 Å². The highest BCUT2D eigenvalue weighted by Crippen LogP contribution is 2.27. The minimum atomic E-state index is -0.207. The minimum absolute atomic E-state index is 0.207. The lowest BCUT2D eigenvalue weighted by atomic mass is 10.0. The molecule has 0 atom stereocenters. The van der Waals surface area contributed by atoms with E-state index < -0.39 is 0 Å². The van der Waals surface area contributed by atoms with Gasteiger partial charge in [-0.1, -0.05) is 12.1 Å². The van der Waals surface area contributed by atoms with Gasteiger partial charge in [0.15, 0.2) is 0 Å². The van der Waals surface area contributed by atoms with Gasteiger partial charge in [0.1, 0.15) is 11.6 Å². The van der Waals surface area contributed by atoms with Crippen molar-refractivity contribution in [2.45, 2.75) is 13.0 Å². The highest BCUT2D eigenvalue weighted by molar-refractivity contribution is 5.84. The Labute approximate surface area is 169 Å². The van der Waals surface area contributed by atoms with Crippen LogP contribution in [0.15, 0.2) is 73.1 Å². The number of aromatic nitrogens is 2. The Bertz CT molecular complexity index is 1100. The number of nitrogens with one attached hydrogen (secondary N) is 1. The van der Waals surface area contributed by atoms with Crippen LogP contribution in [0.3, 0.4) is 0 Å². The molecule has 4 rings (SSSR count). The number of halogens is 1. The van der Waals surface area contributed by atoms with Gasteiger partial charge in [-0.3, -0.25) is 4.98 Å². The molecule has 0 bridgehead atoms. The van der Waals surface area contributed by atoms with Gasteiger partial charge in [-0.2, -0.15) is 0 Å². The zero-order valence-corrected chi connectivity index (χ0v) is 16.2. The van der Waals surface area contributed by atoms with Crippen LogP contribution in [0.4, 0.5) is 4.39 Å². The number of nitrogens with zero attached hydrogens (tertiary/aromatic N) is 2. The molecule has 0 fully saturated rings. The molecule has 146 valence electrons. The van der Waals surface area contributed by atoms with E-state index in [0.717, 1.165) is 52.0 Å². The quantitative estimate of drug-likeness (QED) is 0.464. The fourth-order valence-corrected chi connectivity index (χ4v) is 3.31. The summed E-state index contributed by atoms with van der Waals surface area (Å²) < 4.78 is 18.4. The zero-order chi connectivity index (χ0) is 20.1. The predicted octanol–water partition coefficient (Wildman–Crippen LogP) is 4.78. The average molecular weight is 387 g/mol. The number of pyridine rings is 2. The van der Waals surface area contributed by atoms with Gasteiger partial charge in [0.05, 0.1) is 18.3 Å². The van der Waals surface area contributed by atoms with Crippen molar-refractivity contribution in [3.05, 3.63) is 90.0 Å². The molecule has 0 radical (unpaired) electrons. The summed E-state index contributed by atoms with van der Waals surface area (Å²) >= 11 is 0. The van der Waals surface area contributed by atoms with Crippen LogP contribution in [0.25, 0.3) is 22.2 Å². The van der Waals surface area contributed by atoms with Crippen LogP contribution in [0, 0.1) is 5.82 Å². The van der Waals surface area contributed by atoms with Gasteiger partial charge < -0.3 is 10.1 Å². The van der Waals surface area contributed by atoms with Crippen LogP contribution < -0.4 is 10.1 Å². The molecule has 4 nitrogen and oxygen atoms in total. The maximum absolute atomic E-state index is 13.0. The highest BCUT2D eigenvalue weighted by Gasteiger charge is 2.10. The maximum atomic E-state index is 13.0. The first-order valence-corrected chi connectivity index (χ1v) is 9.56. The van der Waals surface area contributed by atoms with E-state index in [0.29, 0.717) is 6.54 Å². The van der Waals surface area contributed by atoms with Crippen LogP contribution in [-0.4, -0.2) is 23.6 Å². The van der Waals surface area contributed by atoms with E-state index in [9.17, 15) is 4.39 Å². The minimum Gasteiger partial charge on any atom is -0.497 e. The molecule has 1 N–H and O–H groups in total. The van der Waals surface area contributed by atoms with Crippen molar-refractivity contribution in [3.63, 3.8) is 0 Å². The molecular formula is C24H22FN3O. The Morgan fingerprint density at radius 1 is 1.03 bits per heavy atom. The third-order valence-electron chi connectivity index (χ3n) is 4.86. The van der Waals surface area contributed by atoms with Crippen molar-refractivity contribution in [2.24, 2.45) is 0 Å². The summed E-state index contributed by atoms with van der Waals surface area (Å²) in [7, 11) is 1.66. The number of methoxy groups -OCH3 is 1. The van der Waals surface area contributed by atoms with E-state index in [1.807, 2.05) is 48.7 Å². The summed E-state index contributed by atoms with van der Waals surface area (Å²) in [6.07, 6.45) is 4.42. The predicted molar refractivity (Wildman–Crippen MR) is 113 cm³/mol. The smallest absolute Gasteiger partial charge is 0.123 e. The molecule has 0 aliphatic rings. The second-order valence-corrected chi connectivity index (χ2v) is 6.85. The van der Waals surface area contributed by atoms with Gasteiger partial charge in [0, 0.05) is 36.0 Å². The van der Waals surface area contributed by atoms with Crippen LogP contribution in [0.2, 0.25) is 0 Å². The third kappa shape index (κ3) is 4.58. The van der Waals surface area contributed by atoms with E-state index in [4.69, 9.17) is 9.72 Å². The van der Waals surface area contributed by atoms with Gasteiger partial charge in [0.2, 0.25) is 0 Å². The van der Waals surface area contributed by atoms with E-state index >= 15 is 0 Å². The zero-order valence-electron chi connectivity index (χ0n) is 16.2. The number of benzene rings is 2. The molecule has 2 heterocycles. The topological polar surface area (TPSA) is 47.0 Å². The second kappa shape index (κ2) is 8.80. The lowest BCUT2D eigenvalue weighted by Gasteiger charge is -2.13. The molecule has 2 aromatic heterocycles. The molecule has 0 aliphatic carbocycles. The normalized spacial score (nSPS) is 11.0. The van der Waals surface area contributed by atoms with E-state index in [2.05, 4.69) is 16.4 Å². The third-order valence-corrected chi connectivity index (χ3v) is 4.86. The molecule has 5 heteroatoms. The lowest BCUT2D eigenvalue weighted by molar-refractivity contribution is 0.415. The first-order valence-electron chi connectivity index (χ1n) is 9.56. The molecule has 29 heavy (non-hydrogen) atoms. The molecular weight excluding hydrogens is 365 g/mol. The van der Waals surface area contributed by atoms with Crippen molar-refractivity contribution in [1.82, 2.24) is 15.3 Å². The molecule has 0 saturated carbocycles. The highest BCUT2D eigenvalue weighted by atomic mass is 19.1. The van der Waals surface area contributed by atoms with Crippen LogP contribution in [0.5, 0.6) is 5.75 Å². The molecule has 0 unspecified atom stereocenters. The van der Waals surface area contributed by atoms with Gasteiger partial charge in [-0.25, -0.2) is 9.37 Å². The number of hydrogen-bond acceptors (Lipinski definition) is 4. The summed E-state index contributed by atoms with van der Waals surface area (Å²) in [5.74, 6) is 0.578. The summed E-state index contributed by atoms with van der Waals surface area (Å²) in [5, 5.41) is 4.55. The molecule has 0 spiro atoms. The van der Waals surface area contributed by atoms with Crippen LogP contribution in [-0.2, 0) is 13.0 Å². The second-order valence-electron chi connectivity index (χ2n) is 6.85. The molecule has 2 aromatic carbocycles. The average Bonchev–Trinajstić information content (AvgIpc) is 2.77. The van der Waals surface area contributed by atoms with E-state index in [1.54, 1.807) is 13.3 Å². The summed E-state index contributed by atoms with van der Waals surface area (Å²) in [6, 6.07) is 18.6. The van der Waals surface area contributed by atoms with E-state index in [1.165, 1.54) is 12.1 Å². The Kier molecular flexibility index (Phi) is 5.77. The first kappa shape index (κ1) is 19.0. The van der Waals surface area contributed by atoms with Crippen LogP contribution in [0.1, 0.15) is 11.1 Å². The SMILES string of the molecule is COc1ccc2cc(CNCCc3ccc(F)cc3)c(-c3cccnc3)nc2c1. The van der Waals surface area contributed by atoms with Gasteiger partial charge in [0.25, 0.3) is 0 Å². The first-order chi connectivity index (χ1) is 14.2. The monoisotopic (exact) mass is 387 g/mol. The molecule has 0 saturated heterocycles. The van der Waals surface area contributed by atoms with Gasteiger partial charge in [-0.05, 0) is 66.6 Å². The number of rotatable bonds is 7. The number of hydrogen-bond donors (Lipinski definition) is 1. The van der Waals surface area contributed by atoms with Crippen LogP contribution >= 0.6 is 0 Å². The molecule has 0 amide bonds. The Balaban J connectivity index is 1.57. The fourth-order valence-electron chi connectivity index (χ4n) is 3.31. The summed E-state index contributed by atoms with van der Waals surface area (Å²) in [4.78, 5) is 9.14. The lowest BCUT2D eigenvalue weighted by Crippen LogP contribution is -2.17. The Hall–Kier alpha value is -3.31. The molecule has 4 aromatic rings. The van der Waals surface area contributed by atoms with Crippen molar-refractivity contribution in [1.29, 1.82) is 0 Å². The van der Waals surface area contributed by atoms with Crippen molar-refractivity contribution < 1.29 is 9.13 Å². The van der Waals surface area contributed by atoms with Crippen molar-refractivity contribution in [3.8, 4) is 17.0 Å². The van der Waals surface area contributed by atoms with Crippen molar-refractivity contribution >= 4 is 10.9 Å². The summed E-state index contributed by atoms with van der Waals surface area (Å²) in [6.45, 7) is 1.47. The van der Waals surface area contributed by atoms with Gasteiger partial charge in [-0.15, -0.1) is 0 Å². The Morgan fingerprint density at radius 2 is 1.90 bits per heavy atom. The number of ether oxygens (including phenoxy) is 1. The largest absolute Gasteiger partial charge is 0.497 e. The summed E-state index contributed by atoms with van der Waals surface area (Å²) in [5.41, 5.74) is 4.99. The Morgan fingerprint density at radius 3 is 2.66 bits per heavy atom. The maximum Gasteiger partial charge on any atom is 0.123 e. The number of fused-ring (bicyclic) bond motifs is 1. The van der Waals surface area contributed by atoms with E-state index in [-0.39, 0.29) is 5.82 Å². The van der Waals surface area contributed by atoms with Crippen molar-refractivity contribution in [2.75, 3.05) is 13.7 Å². The standard InChI is InChI=1S/C24H22FN3O/c1-29-22-9-6-18-13-20(16-27-12-10-17-4-7-21(25)8-5-17)24(28-23(18)14-22)19-3-2-11-26-15-19/h2-9,11,13-15,27H,10,12,16H2,1H3. The fraction of sp³-hybridized carbons (Fsp3) is 0.167. The molecule has 0 aliphatic heterocycles.